The molecule has 4 amide bonds. The van der Waals surface area contributed by atoms with E-state index in [1.54, 1.807) is 6.92 Å². The molecular formula is C14H15F2N3O3. The largest absolute Gasteiger partial charge is 0.355 e. The first-order valence-electron chi connectivity index (χ1n) is 6.66. The molecule has 1 aliphatic rings. The fourth-order valence-corrected chi connectivity index (χ4v) is 2.30. The van der Waals surface area contributed by atoms with Crippen molar-refractivity contribution in [1.82, 2.24) is 15.5 Å². The van der Waals surface area contributed by atoms with Gasteiger partial charge in [-0.05, 0) is 32.0 Å². The summed E-state index contributed by atoms with van der Waals surface area (Å²) < 4.78 is 27.2. The van der Waals surface area contributed by atoms with E-state index < -0.39 is 41.6 Å². The summed E-state index contributed by atoms with van der Waals surface area (Å²) in [7, 11) is 0. The van der Waals surface area contributed by atoms with Crippen LogP contribution in [0.2, 0.25) is 0 Å². The van der Waals surface area contributed by atoms with Gasteiger partial charge in [-0.3, -0.25) is 14.5 Å². The van der Waals surface area contributed by atoms with Gasteiger partial charge in [0.2, 0.25) is 5.91 Å². The molecule has 1 saturated heterocycles. The van der Waals surface area contributed by atoms with Crippen LogP contribution in [0.5, 0.6) is 0 Å². The number of hydrogen-bond acceptors (Lipinski definition) is 3. The van der Waals surface area contributed by atoms with Crippen LogP contribution in [0.25, 0.3) is 0 Å². The second-order valence-corrected chi connectivity index (χ2v) is 5.02. The van der Waals surface area contributed by atoms with Crippen LogP contribution in [0.4, 0.5) is 13.6 Å². The zero-order valence-electron chi connectivity index (χ0n) is 12.1. The summed E-state index contributed by atoms with van der Waals surface area (Å²) in [6, 6.07) is 1.81. The third kappa shape index (κ3) is 2.63. The SMILES string of the molecule is CCNC(=O)CN1C(=O)N[C@](C)(c2cc(F)ccc2F)C1=O. The Kier molecular flexibility index (Phi) is 4.11. The van der Waals surface area contributed by atoms with E-state index in [4.69, 9.17) is 0 Å². The molecule has 0 saturated carbocycles. The minimum Gasteiger partial charge on any atom is -0.355 e. The van der Waals surface area contributed by atoms with Crippen molar-refractivity contribution in [2.75, 3.05) is 13.1 Å². The number of rotatable bonds is 4. The van der Waals surface area contributed by atoms with Gasteiger partial charge >= 0.3 is 6.03 Å². The molecule has 0 spiro atoms. The molecule has 0 unspecified atom stereocenters. The number of hydrogen-bond donors (Lipinski definition) is 2. The number of halogens is 2. The number of benzene rings is 1. The molecule has 22 heavy (non-hydrogen) atoms. The summed E-state index contributed by atoms with van der Waals surface area (Å²) in [5, 5.41) is 4.77. The maximum atomic E-state index is 13.9. The Balaban J connectivity index is 2.33. The molecule has 0 aromatic heterocycles. The van der Waals surface area contributed by atoms with E-state index in [-0.39, 0.29) is 5.56 Å². The highest BCUT2D eigenvalue weighted by atomic mass is 19.1. The maximum absolute atomic E-state index is 13.9. The normalized spacial score (nSPS) is 21.0. The second-order valence-electron chi connectivity index (χ2n) is 5.02. The van der Waals surface area contributed by atoms with Crippen LogP contribution < -0.4 is 10.6 Å². The molecule has 1 aromatic carbocycles. The number of likely N-dealkylation sites (N-methyl/N-ethyl adjacent to an activating group) is 1. The Morgan fingerprint density at radius 1 is 1.36 bits per heavy atom. The van der Waals surface area contributed by atoms with E-state index in [2.05, 4.69) is 10.6 Å². The Morgan fingerprint density at radius 3 is 2.68 bits per heavy atom. The van der Waals surface area contributed by atoms with Gasteiger partial charge in [0.1, 0.15) is 23.7 Å². The van der Waals surface area contributed by atoms with Crippen LogP contribution in [-0.4, -0.2) is 35.8 Å². The van der Waals surface area contributed by atoms with Crippen molar-refractivity contribution in [1.29, 1.82) is 0 Å². The standard InChI is InChI=1S/C14H15F2N3O3/c1-3-17-11(20)7-19-12(21)14(2,18-13(19)22)9-6-8(15)4-5-10(9)16/h4-6H,3,7H2,1-2H3,(H,17,20)(H,18,22)/t14-/m1/s1. The van der Waals surface area contributed by atoms with Crippen molar-refractivity contribution in [3.63, 3.8) is 0 Å². The number of carbonyl (C=O) groups is 3. The van der Waals surface area contributed by atoms with Gasteiger partial charge in [-0.25, -0.2) is 13.6 Å². The van der Waals surface area contributed by atoms with Gasteiger partial charge in [-0.2, -0.15) is 0 Å². The Labute approximate surface area is 125 Å². The number of imide groups is 1. The summed E-state index contributed by atoms with van der Waals surface area (Å²) in [4.78, 5) is 36.5. The Morgan fingerprint density at radius 2 is 2.05 bits per heavy atom. The van der Waals surface area contributed by atoms with E-state index in [1.807, 2.05) is 0 Å². The molecule has 0 aliphatic carbocycles. The zero-order valence-corrected chi connectivity index (χ0v) is 12.1. The quantitative estimate of drug-likeness (QED) is 0.810. The summed E-state index contributed by atoms with van der Waals surface area (Å²) in [6.45, 7) is 2.82. The maximum Gasteiger partial charge on any atom is 0.325 e. The highest BCUT2D eigenvalue weighted by molar-refractivity contribution is 6.09. The topological polar surface area (TPSA) is 78.5 Å². The molecule has 1 heterocycles. The lowest BCUT2D eigenvalue weighted by Crippen LogP contribution is -2.43. The van der Waals surface area contributed by atoms with Gasteiger partial charge in [-0.1, -0.05) is 0 Å². The van der Waals surface area contributed by atoms with Crippen molar-refractivity contribution in [3.05, 3.63) is 35.4 Å². The molecule has 1 fully saturated rings. The van der Waals surface area contributed by atoms with Gasteiger partial charge in [-0.15, -0.1) is 0 Å². The highest BCUT2D eigenvalue weighted by Gasteiger charge is 2.50. The minimum atomic E-state index is -1.75. The molecule has 8 heteroatoms. The fourth-order valence-electron chi connectivity index (χ4n) is 2.30. The second kappa shape index (κ2) is 5.70. The van der Waals surface area contributed by atoms with Crippen LogP contribution in [-0.2, 0) is 15.1 Å². The van der Waals surface area contributed by atoms with E-state index in [0.29, 0.717) is 11.4 Å². The number of nitrogens with one attached hydrogen (secondary N) is 2. The van der Waals surface area contributed by atoms with Crippen molar-refractivity contribution in [2.45, 2.75) is 19.4 Å². The number of amides is 4. The Hall–Kier alpha value is -2.51. The lowest BCUT2D eigenvalue weighted by molar-refractivity contribution is -0.134. The molecule has 1 atom stereocenters. The van der Waals surface area contributed by atoms with Gasteiger partial charge in [0.15, 0.2) is 0 Å². The van der Waals surface area contributed by atoms with Crippen molar-refractivity contribution in [3.8, 4) is 0 Å². The minimum absolute atomic E-state index is 0.288. The fraction of sp³-hybridized carbons (Fsp3) is 0.357. The predicted molar refractivity (Wildman–Crippen MR) is 72.6 cm³/mol. The van der Waals surface area contributed by atoms with Gasteiger partial charge in [0.05, 0.1) is 0 Å². The molecule has 2 rings (SSSR count). The van der Waals surface area contributed by atoms with Crippen LogP contribution in [0, 0.1) is 11.6 Å². The molecule has 2 N–H and O–H groups in total. The molecule has 1 aromatic rings. The van der Waals surface area contributed by atoms with E-state index >= 15 is 0 Å². The molecule has 118 valence electrons. The van der Waals surface area contributed by atoms with Crippen LogP contribution in [0.3, 0.4) is 0 Å². The monoisotopic (exact) mass is 311 g/mol. The third-order valence-corrected chi connectivity index (χ3v) is 3.42. The first-order chi connectivity index (χ1) is 10.3. The summed E-state index contributed by atoms with van der Waals surface area (Å²) in [5.74, 6) is -2.89. The van der Waals surface area contributed by atoms with Crippen molar-refractivity contribution in [2.24, 2.45) is 0 Å². The van der Waals surface area contributed by atoms with Gasteiger partial charge in [0.25, 0.3) is 5.91 Å². The Bertz CT molecular complexity index is 650. The zero-order chi connectivity index (χ0) is 16.5. The summed E-state index contributed by atoms with van der Waals surface area (Å²) in [5.41, 5.74) is -2.04. The number of carbonyl (C=O) groups excluding carboxylic acids is 3. The first kappa shape index (κ1) is 15.9. The van der Waals surface area contributed by atoms with E-state index in [0.717, 1.165) is 18.2 Å². The van der Waals surface area contributed by atoms with Crippen molar-refractivity contribution < 1.29 is 23.2 Å². The average Bonchev–Trinajstić information content (AvgIpc) is 2.66. The molecule has 0 radical (unpaired) electrons. The van der Waals surface area contributed by atoms with E-state index in [1.165, 1.54) is 6.92 Å². The number of nitrogens with zero attached hydrogens (tertiary/aromatic N) is 1. The summed E-state index contributed by atoms with van der Waals surface area (Å²) in [6.07, 6.45) is 0. The highest BCUT2D eigenvalue weighted by Crippen LogP contribution is 2.30. The van der Waals surface area contributed by atoms with Crippen molar-refractivity contribution >= 4 is 17.8 Å². The summed E-state index contributed by atoms with van der Waals surface area (Å²) >= 11 is 0. The van der Waals surface area contributed by atoms with Gasteiger partial charge < -0.3 is 10.6 Å². The molecular weight excluding hydrogens is 296 g/mol. The average molecular weight is 311 g/mol. The molecule has 0 bridgehead atoms. The number of urea groups is 1. The molecule has 6 nitrogen and oxygen atoms in total. The molecule has 1 aliphatic heterocycles. The predicted octanol–water partition coefficient (Wildman–Crippen LogP) is 0.868. The van der Waals surface area contributed by atoms with Crippen LogP contribution in [0.1, 0.15) is 19.4 Å². The third-order valence-electron chi connectivity index (χ3n) is 3.42. The lowest BCUT2D eigenvalue weighted by atomic mass is 9.91. The van der Waals surface area contributed by atoms with E-state index in [9.17, 15) is 23.2 Å². The smallest absolute Gasteiger partial charge is 0.325 e. The first-order valence-corrected chi connectivity index (χ1v) is 6.66. The van der Waals surface area contributed by atoms with Crippen LogP contribution >= 0.6 is 0 Å². The van der Waals surface area contributed by atoms with Gasteiger partial charge in [0, 0.05) is 12.1 Å². The lowest BCUT2D eigenvalue weighted by Gasteiger charge is -2.22. The van der Waals surface area contributed by atoms with Crippen LogP contribution in [0.15, 0.2) is 18.2 Å².